The Labute approximate surface area is 124 Å². The fourth-order valence-corrected chi connectivity index (χ4v) is 5.43. The van der Waals surface area contributed by atoms with Crippen molar-refractivity contribution in [1.82, 2.24) is 0 Å². The maximum absolute atomic E-state index is 6.01. The first-order valence-electron chi connectivity index (χ1n) is 7.65. The van der Waals surface area contributed by atoms with E-state index in [1.807, 2.05) is 0 Å². The predicted molar refractivity (Wildman–Crippen MR) is 88.6 cm³/mol. The minimum atomic E-state index is 0.374. The van der Waals surface area contributed by atoms with E-state index in [1.165, 1.54) is 41.5 Å². The Hall–Kier alpha value is -0.990. The summed E-state index contributed by atoms with van der Waals surface area (Å²) in [5, 5.41) is 2.81. The zero-order chi connectivity index (χ0) is 13.8. The molecule has 1 aliphatic heterocycles. The third-order valence-corrected chi connectivity index (χ3v) is 6.47. The van der Waals surface area contributed by atoms with E-state index in [9.17, 15) is 0 Å². The second kappa shape index (κ2) is 6.64. The molecule has 0 spiro atoms. The number of unbranched alkanes of at least 4 members (excludes halogenated alkanes) is 1. The lowest BCUT2D eigenvalue weighted by Gasteiger charge is -2.08. The molecule has 106 valence electrons. The molecule has 3 rings (SSSR count). The molecule has 1 nitrogen and oxygen atoms in total. The number of hydrogen-bond donors (Lipinski definition) is 0. The third-order valence-electron chi connectivity index (χ3n) is 3.99. The van der Waals surface area contributed by atoms with E-state index in [4.69, 9.17) is 4.74 Å². The Bertz CT molecular complexity index is 561. The lowest BCUT2D eigenvalue weighted by molar-refractivity contribution is 0.0691. The average molecular weight is 287 g/mol. The van der Waals surface area contributed by atoms with Crippen LogP contribution < -0.4 is 0 Å². The minimum absolute atomic E-state index is 0.374. The van der Waals surface area contributed by atoms with Crippen molar-refractivity contribution in [2.45, 2.75) is 37.2 Å². The summed E-state index contributed by atoms with van der Waals surface area (Å²) >= 11 is 0. The van der Waals surface area contributed by atoms with E-state index in [2.05, 4.69) is 49.4 Å². The van der Waals surface area contributed by atoms with Gasteiger partial charge in [-0.15, -0.1) is 0 Å². The van der Waals surface area contributed by atoms with Crippen LogP contribution >= 0.6 is 0 Å². The number of hydrogen-bond acceptors (Lipinski definition) is 1. The van der Waals surface area contributed by atoms with Crippen LogP contribution in [0.15, 0.2) is 47.4 Å². The van der Waals surface area contributed by atoms with E-state index in [0.717, 1.165) is 6.61 Å². The summed E-state index contributed by atoms with van der Waals surface area (Å²) in [5.41, 5.74) is 0. The lowest BCUT2D eigenvalue weighted by atomic mass is 10.1. The lowest BCUT2D eigenvalue weighted by Crippen LogP contribution is -2.15. The van der Waals surface area contributed by atoms with Crippen LogP contribution in [0.25, 0.3) is 10.8 Å². The molecular formula is C18H23OS+. The second-order valence-corrected chi connectivity index (χ2v) is 7.64. The fraction of sp³-hybridized carbons (Fsp3) is 0.444. The largest absolute Gasteiger partial charge is 0.373 e. The van der Waals surface area contributed by atoms with Gasteiger partial charge in [0.2, 0.25) is 0 Å². The molecule has 1 fully saturated rings. The first-order valence-corrected chi connectivity index (χ1v) is 9.21. The van der Waals surface area contributed by atoms with Gasteiger partial charge in [0.15, 0.2) is 4.90 Å². The van der Waals surface area contributed by atoms with Crippen LogP contribution in [0.3, 0.4) is 0 Å². The van der Waals surface area contributed by atoms with Gasteiger partial charge in [-0.1, -0.05) is 43.7 Å². The van der Waals surface area contributed by atoms with Crippen LogP contribution in [-0.2, 0) is 15.6 Å². The van der Waals surface area contributed by atoms with Gasteiger partial charge in [0.1, 0.15) is 17.6 Å². The number of ether oxygens (including phenoxy) is 1. The average Bonchev–Trinajstić information content (AvgIpc) is 2.96. The number of benzene rings is 2. The van der Waals surface area contributed by atoms with Crippen molar-refractivity contribution in [3.05, 3.63) is 42.5 Å². The molecule has 2 heteroatoms. The van der Waals surface area contributed by atoms with E-state index in [1.54, 1.807) is 4.90 Å². The van der Waals surface area contributed by atoms with Crippen molar-refractivity contribution in [2.24, 2.45) is 0 Å². The van der Waals surface area contributed by atoms with Crippen LogP contribution in [0.4, 0.5) is 0 Å². The molecule has 0 bridgehead atoms. The molecule has 0 saturated carbocycles. The topological polar surface area (TPSA) is 9.23 Å². The number of rotatable bonds is 5. The van der Waals surface area contributed by atoms with Crippen LogP contribution in [-0.4, -0.2) is 24.2 Å². The minimum Gasteiger partial charge on any atom is -0.373 e. The Morgan fingerprint density at radius 2 is 2.00 bits per heavy atom. The maximum atomic E-state index is 6.01. The highest BCUT2D eigenvalue weighted by Gasteiger charge is 2.36. The second-order valence-electron chi connectivity index (χ2n) is 5.48. The first kappa shape index (κ1) is 14.0. The number of fused-ring (bicyclic) bond motifs is 1. The molecule has 0 amide bonds. The van der Waals surface area contributed by atoms with Gasteiger partial charge < -0.3 is 4.74 Å². The molecule has 20 heavy (non-hydrogen) atoms. The van der Waals surface area contributed by atoms with E-state index in [0.29, 0.717) is 17.0 Å². The molecule has 0 aliphatic carbocycles. The summed E-state index contributed by atoms with van der Waals surface area (Å²) in [7, 11) is 0.374. The van der Waals surface area contributed by atoms with Gasteiger partial charge in [0.05, 0.1) is 0 Å². The van der Waals surface area contributed by atoms with Crippen LogP contribution in [0.2, 0.25) is 0 Å². The predicted octanol–water partition coefficient (Wildman–Crippen LogP) is 4.41. The molecule has 0 aromatic heterocycles. The van der Waals surface area contributed by atoms with E-state index < -0.39 is 0 Å². The van der Waals surface area contributed by atoms with Gasteiger partial charge in [-0.05, 0) is 23.9 Å². The van der Waals surface area contributed by atoms with Crippen molar-refractivity contribution < 1.29 is 4.74 Å². The van der Waals surface area contributed by atoms with Gasteiger partial charge in [-0.3, -0.25) is 0 Å². The van der Waals surface area contributed by atoms with Crippen LogP contribution in [0.1, 0.15) is 26.2 Å². The zero-order valence-electron chi connectivity index (χ0n) is 12.2. The molecule has 0 N–H and O–H groups in total. The van der Waals surface area contributed by atoms with Crippen molar-refractivity contribution in [3.63, 3.8) is 0 Å². The fourth-order valence-electron chi connectivity index (χ4n) is 2.84. The van der Waals surface area contributed by atoms with Gasteiger partial charge in [0.25, 0.3) is 0 Å². The van der Waals surface area contributed by atoms with Gasteiger partial charge in [-0.2, -0.15) is 0 Å². The van der Waals surface area contributed by atoms with Crippen molar-refractivity contribution in [3.8, 4) is 0 Å². The molecule has 2 unspecified atom stereocenters. The van der Waals surface area contributed by atoms with E-state index in [-0.39, 0.29) is 0 Å². The Balaban J connectivity index is 1.73. The highest BCUT2D eigenvalue weighted by Crippen LogP contribution is 2.30. The molecule has 1 saturated heterocycles. The standard InChI is InChI=1S/C18H23OS/c1-2-3-12-19-16-11-13-20(14-16)18-10-6-8-15-7-4-5-9-17(15)18/h4-10,16H,2-3,11-14H2,1H3/q+1. The van der Waals surface area contributed by atoms with Gasteiger partial charge in [0, 0.05) is 29.3 Å². The summed E-state index contributed by atoms with van der Waals surface area (Å²) < 4.78 is 6.01. The summed E-state index contributed by atoms with van der Waals surface area (Å²) in [6.07, 6.45) is 4.14. The molecule has 1 heterocycles. The molecule has 1 aliphatic rings. The van der Waals surface area contributed by atoms with E-state index >= 15 is 0 Å². The molecule has 2 aromatic carbocycles. The van der Waals surface area contributed by atoms with Crippen molar-refractivity contribution >= 4 is 21.7 Å². The summed E-state index contributed by atoms with van der Waals surface area (Å²) in [6.45, 7) is 3.16. The quantitative estimate of drug-likeness (QED) is 0.585. The van der Waals surface area contributed by atoms with Crippen LogP contribution in [0.5, 0.6) is 0 Å². The summed E-state index contributed by atoms with van der Waals surface area (Å²) in [4.78, 5) is 1.55. The van der Waals surface area contributed by atoms with Crippen molar-refractivity contribution in [1.29, 1.82) is 0 Å². The zero-order valence-corrected chi connectivity index (χ0v) is 13.0. The molecular weight excluding hydrogens is 264 g/mol. The Morgan fingerprint density at radius 1 is 1.15 bits per heavy atom. The Kier molecular flexibility index (Phi) is 4.64. The SMILES string of the molecule is CCCCOC1CC[S+](c2cccc3ccccc23)C1. The first-order chi connectivity index (χ1) is 9.88. The maximum Gasteiger partial charge on any atom is 0.162 e. The Morgan fingerprint density at radius 3 is 2.90 bits per heavy atom. The summed E-state index contributed by atoms with van der Waals surface area (Å²) in [5.74, 6) is 2.52. The van der Waals surface area contributed by atoms with Crippen molar-refractivity contribution in [2.75, 3.05) is 18.1 Å². The normalized spacial score (nSPS) is 22.4. The van der Waals surface area contributed by atoms with Gasteiger partial charge >= 0.3 is 0 Å². The highest BCUT2D eigenvalue weighted by atomic mass is 32.2. The smallest absolute Gasteiger partial charge is 0.162 e. The van der Waals surface area contributed by atoms with Crippen LogP contribution in [0, 0.1) is 0 Å². The van der Waals surface area contributed by atoms with Gasteiger partial charge in [-0.25, -0.2) is 0 Å². The highest BCUT2D eigenvalue weighted by molar-refractivity contribution is 7.97. The monoisotopic (exact) mass is 287 g/mol. The molecule has 2 atom stereocenters. The summed E-state index contributed by atoms with van der Waals surface area (Å²) in [6, 6.07) is 15.5. The third kappa shape index (κ3) is 3.02. The molecule has 2 aromatic rings. The molecule has 0 radical (unpaired) electrons.